The molecule has 1 aliphatic rings. The fourth-order valence-electron chi connectivity index (χ4n) is 6.73. The number of hydrogen-bond donors (Lipinski definition) is 1. The molecule has 2 nitrogen and oxygen atoms in total. The third-order valence-corrected chi connectivity index (χ3v) is 9.25. The molecule has 0 aromatic heterocycles. The van der Waals surface area contributed by atoms with E-state index in [-0.39, 0.29) is 10.8 Å². The van der Waals surface area contributed by atoms with Gasteiger partial charge in [0.05, 0.1) is 0 Å². The summed E-state index contributed by atoms with van der Waals surface area (Å²) >= 11 is 0. The summed E-state index contributed by atoms with van der Waals surface area (Å²) in [6, 6.07) is 41.0. The van der Waals surface area contributed by atoms with Crippen molar-refractivity contribution in [3.8, 4) is 0 Å². The molecule has 208 valence electrons. The zero-order chi connectivity index (χ0) is 27.8. The molecule has 0 bridgehead atoms. The number of piperidine rings is 1. The van der Waals surface area contributed by atoms with Gasteiger partial charge in [-0.15, -0.1) is 0 Å². The fraction of sp³-hybridized carbons (Fsp3) is 0.368. The van der Waals surface area contributed by atoms with Gasteiger partial charge in [0.15, 0.2) is 0 Å². The van der Waals surface area contributed by atoms with Crippen molar-refractivity contribution in [3.63, 3.8) is 0 Å². The maximum atomic E-state index is 3.77. The van der Waals surface area contributed by atoms with Crippen LogP contribution in [0.2, 0.25) is 0 Å². The molecule has 0 unspecified atom stereocenters. The predicted molar refractivity (Wildman–Crippen MR) is 170 cm³/mol. The van der Waals surface area contributed by atoms with E-state index >= 15 is 0 Å². The monoisotopic (exact) mass is 530 g/mol. The summed E-state index contributed by atoms with van der Waals surface area (Å²) in [5, 5.41) is 3.77. The smallest absolute Gasteiger partial charge is 0.0463 e. The summed E-state index contributed by atoms with van der Waals surface area (Å²) < 4.78 is 0. The molecule has 1 heterocycles. The maximum Gasteiger partial charge on any atom is 0.0463 e. The first kappa shape index (κ1) is 28.3. The zero-order valence-corrected chi connectivity index (χ0v) is 24.7. The number of rotatable bonds is 11. The first-order valence-corrected chi connectivity index (χ1v) is 15.2. The van der Waals surface area contributed by atoms with E-state index < -0.39 is 0 Å². The molecule has 0 amide bonds. The quantitative estimate of drug-likeness (QED) is 0.156. The predicted octanol–water partition coefficient (Wildman–Crippen LogP) is 8.06. The van der Waals surface area contributed by atoms with E-state index in [4.69, 9.17) is 0 Å². The van der Waals surface area contributed by atoms with Crippen molar-refractivity contribution in [2.45, 2.75) is 57.3 Å². The molecule has 2 heteroatoms. The lowest BCUT2D eigenvalue weighted by molar-refractivity contribution is 0.150. The Morgan fingerprint density at radius 3 is 1.70 bits per heavy atom. The molecule has 40 heavy (non-hydrogen) atoms. The Morgan fingerprint density at radius 2 is 1.18 bits per heavy atom. The molecule has 0 aliphatic carbocycles. The van der Waals surface area contributed by atoms with Gasteiger partial charge in [0, 0.05) is 17.4 Å². The summed E-state index contributed by atoms with van der Waals surface area (Å²) in [5.41, 5.74) is 8.27. The second kappa shape index (κ2) is 13.0. The molecule has 0 radical (unpaired) electrons. The molecule has 0 atom stereocenters. The van der Waals surface area contributed by atoms with E-state index in [9.17, 15) is 0 Å². The lowest BCUT2D eigenvalue weighted by Gasteiger charge is -2.44. The van der Waals surface area contributed by atoms with Crippen molar-refractivity contribution in [1.29, 1.82) is 0 Å². The highest BCUT2D eigenvalue weighted by atomic mass is 15.1. The summed E-state index contributed by atoms with van der Waals surface area (Å²) in [6.07, 6.45) is 4.62. The van der Waals surface area contributed by atoms with Crippen molar-refractivity contribution >= 4 is 0 Å². The van der Waals surface area contributed by atoms with Crippen LogP contribution in [0.5, 0.6) is 0 Å². The van der Waals surface area contributed by atoms with Gasteiger partial charge in [0.2, 0.25) is 0 Å². The minimum Gasteiger partial charge on any atom is -0.316 e. The second-order valence-electron chi connectivity index (χ2n) is 11.9. The minimum absolute atomic E-state index is 0.195. The van der Waals surface area contributed by atoms with Gasteiger partial charge >= 0.3 is 0 Å². The number of hydrogen-bond acceptors (Lipinski definition) is 2. The van der Waals surface area contributed by atoms with Crippen LogP contribution in [0, 0.1) is 13.8 Å². The molecule has 1 saturated heterocycles. The first-order valence-electron chi connectivity index (χ1n) is 15.2. The van der Waals surface area contributed by atoms with E-state index in [1.54, 1.807) is 0 Å². The lowest BCUT2D eigenvalue weighted by atomic mass is 9.66. The number of aryl methyl sites for hydroxylation is 2. The van der Waals surface area contributed by atoms with Crippen molar-refractivity contribution < 1.29 is 0 Å². The topological polar surface area (TPSA) is 15.3 Å². The Labute approximate surface area is 242 Å². The van der Waals surface area contributed by atoms with Crippen LogP contribution in [0.1, 0.15) is 66.0 Å². The normalized spacial score (nSPS) is 15.7. The van der Waals surface area contributed by atoms with Crippen LogP contribution >= 0.6 is 0 Å². The van der Waals surface area contributed by atoms with E-state index in [1.165, 1.54) is 52.6 Å². The van der Waals surface area contributed by atoms with Crippen LogP contribution in [0.15, 0.2) is 109 Å². The van der Waals surface area contributed by atoms with Gasteiger partial charge < -0.3 is 10.2 Å². The molecule has 1 N–H and O–H groups in total. The van der Waals surface area contributed by atoms with E-state index in [2.05, 4.69) is 140 Å². The van der Waals surface area contributed by atoms with Gasteiger partial charge in [0.25, 0.3) is 0 Å². The highest BCUT2D eigenvalue weighted by molar-refractivity contribution is 5.51. The van der Waals surface area contributed by atoms with E-state index in [1.807, 2.05) is 0 Å². The van der Waals surface area contributed by atoms with Crippen LogP contribution in [0.25, 0.3) is 0 Å². The lowest BCUT2D eigenvalue weighted by Crippen LogP contribution is -2.49. The molecule has 5 rings (SSSR count). The highest BCUT2D eigenvalue weighted by Gasteiger charge is 2.39. The molecule has 1 aliphatic heterocycles. The minimum atomic E-state index is -0.195. The van der Waals surface area contributed by atoms with E-state index in [0.717, 1.165) is 39.1 Å². The van der Waals surface area contributed by atoms with Gasteiger partial charge in [0.1, 0.15) is 0 Å². The van der Waals surface area contributed by atoms with Crippen molar-refractivity contribution in [3.05, 3.63) is 143 Å². The highest BCUT2D eigenvalue weighted by Crippen LogP contribution is 2.43. The molecular formula is C38H46N2. The number of nitrogens with one attached hydrogen (secondary N) is 1. The maximum absolute atomic E-state index is 3.77. The van der Waals surface area contributed by atoms with Crippen molar-refractivity contribution in [2.24, 2.45) is 0 Å². The zero-order valence-electron chi connectivity index (χ0n) is 24.7. The van der Waals surface area contributed by atoms with Crippen molar-refractivity contribution in [1.82, 2.24) is 10.2 Å². The molecule has 4 aromatic rings. The largest absolute Gasteiger partial charge is 0.316 e. The molecule has 0 spiro atoms. The Kier molecular flexibility index (Phi) is 9.19. The van der Waals surface area contributed by atoms with Crippen molar-refractivity contribution in [2.75, 3.05) is 32.7 Å². The third kappa shape index (κ3) is 6.09. The first-order chi connectivity index (χ1) is 19.6. The van der Waals surface area contributed by atoms with Gasteiger partial charge in [-0.1, -0.05) is 127 Å². The van der Waals surface area contributed by atoms with Gasteiger partial charge in [-0.25, -0.2) is 0 Å². The molecule has 4 aromatic carbocycles. The number of benzene rings is 4. The van der Waals surface area contributed by atoms with Crippen LogP contribution < -0.4 is 5.32 Å². The summed E-state index contributed by atoms with van der Waals surface area (Å²) in [5.74, 6) is 0. The van der Waals surface area contributed by atoms with Crippen LogP contribution in [0.4, 0.5) is 0 Å². The summed E-state index contributed by atoms with van der Waals surface area (Å²) in [4.78, 5) is 2.72. The average Bonchev–Trinajstić information content (AvgIpc) is 3.01. The third-order valence-electron chi connectivity index (χ3n) is 9.25. The number of likely N-dealkylation sites (tertiary alicyclic amines) is 1. The van der Waals surface area contributed by atoms with E-state index in [0.29, 0.717) is 0 Å². The summed E-state index contributed by atoms with van der Waals surface area (Å²) in [7, 11) is 0. The molecule has 0 saturated carbocycles. The SMILES string of the molecule is CCCNCC1(c2ccccc2)CCN(CCC(c2ccccc2)(c2ccc(C)cc2)c2ccc(C)cc2)CC1. The average molecular weight is 531 g/mol. The van der Waals surface area contributed by atoms with Crippen LogP contribution in [-0.4, -0.2) is 37.6 Å². The summed E-state index contributed by atoms with van der Waals surface area (Å²) in [6.45, 7) is 12.1. The van der Waals surface area contributed by atoms with Crippen LogP contribution in [0.3, 0.4) is 0 Å². The number of nitrogens with zero attached hydrogens (tertiary/aromatic N) is 1. The van der Waals surface area contributed by atoms with Gasteiger partial charge in [-0.2, -0.15) is 0 Å². The fourth-order valence-corrected chi connectivity index (χ4v) is 6.73. The van der Waals surface area contributed by atoms with Gasteiger partial charge in [-0.05, 0) is 88.0 Å². The Bertz CT molecular complexity index is 1260. The Balaban J connectivity index is 1.43. The Hall–Kier alpha value is -3.20. The second-order valence-corrected chi connectivity index (χ2v) is 11.9. The van der Waals surface area contributed by atoms with Gasteiger partial charge in [-0.3, -0.25) is 0 Å². The molecule has 1 fully saturated rings. The Morgan fingerprint density at radius 1 is 0.675 bits per heavy atom. The van der Waals surface area contributed by atoms with Crippen LogP contribution in [-0.2, 0) is 10.8 Å². The standard InChI is InChI=1S/C38H46N2/c1-4-26-39-30-37(33-11-7-5-8-12-33)23-27-40(28-24-37)29-25-38(34-13-9-6-10-14-34,35-19-15-31(2)16-20-35)36-21-17-32(3)18-22-36/h5-22,39H,4,23-30H2,1-3H3. The molecular weight excluding hydrogens is 484 g/mol.